The van der Waals surface area contributed by atoms with Crippen molar-refractivity contribution >= 4 is 39.5 Å². The van der Waals surface area contributed by atoms with Crippen molar-refractivity contribution in [2.75, 3.05) is 6.26 Å². The van der Waals surface area contributed by atoms with E-state index in [1.165, 1.54) is 9.60 Å². The summed E-state index contributed by atoms with van der Waals surface area (Å²) in [6.07, 6.45) is 3.00. The van der Waals surface area contributed by atoms with Gasteiger partial charge in [0.2, 0.25) is 0 Å². The molecule has 0 atom stereocenters. The Bertz CT molecular complexity index is 485. The van der Waals surface area contributed by atoms with Crippen LogP contribution in [0, 0.1) is 6.92 Å². The zero-order chi connectivity index (χ0) is 10.1. The molecule has 0 spiro atoms. The molecule has 0 aliphatic heterocycles. The number of hydrogen-bond acceptors (Lipinski definition) is 3. The molecular formula is C11H10OS2. The molecule has 0 saturated heterocycles. The Hall–Kier alpha value is -0.800. The summed E-state index contributed by atoms with van der Waals surface area (Å²) in [5.74, 6) is 0. The van der Waals surface area contributed by atoms with Gasteiger partial charge in [-0.05, 0) is 31.4 Å². The van der Waals surface area contributed by atoms with E-state index in [-0.39, 0.29) is 0 Å². The van der Waals surface area contributed by atoms with E-state index in [1.54, 1.807) is 23.1 Å². The fraction of sp³-hybridized carbons (Fsp3) is 0.182. The fourth-order valence-corrected chi connectivity index (χ4v) is 2.94. The van der Waals surface area contributed by atoms with Gasteiger partial charge in [-0.3, -0.25) is 4.79 Å². The van der Waals surface area contributed by atoms with Crippen LogP contribution in [0.5, 0.6) is 0 Å². The highest BCUT2D eigenvalue weighted by atomic mass is 32.2. The molecule has 0 N–H and O–H groups in total. The number of hydrogen-bond donors (Lipinski definition) is 0. The normalized spacial score (nSPS) is 10.7. The first kappa shape index (κ1) is 9.74. The number of thioether (sulfide) groups is 1. The first-order chi connectivity index (χ1) is 6.76. The second-order valence-corrected chi connectivity index (χ2v) is 5.19. The molecule has 0 fully saturated rings. The number of benzene rings is 1. The van der Waals surface area contributed by atoms with Crippen LogP contribution in [0.4, 0.5) is 0 Å². The van der Waals surface area contributed by atoms with E-state index in [1.807, 2.05) is 13.2 Å². The lowest BCUT2D eigenvalue weighted by Crippen LogP contribution is -1.79. The van der Waals surface area contributed by atoms with E-state index in [9.17, 15) is 4.79 Å². The van der Waals surface area contributed by atoms with Gasteiger partial charge in [0.1, 0.15) is 0 Å². The van der Waals surface area contributed by atoms with Crippen LogP contribution in [-0.4, -0.2) is 12.5 Å². The van der Waals surface area contributed by atoms with Crippen LogP contribution in [-0.2, 0) is 0 Å². The van der Waals surface area contributed by atoms with Crippen molar-refractivity contribution in [1.29, 1.82) is 0 Å². The summed E-state index contributed by atoms with van der Waals surface area (Å²) in [5.41, 5.74) is 0.848. The molecule has 0 saturated carbocycles. The predicted molar refractivity (Wildman–Crippen MR) is 63.7 cm³/mol. The molecule has 0 bridgehead atoms. The summed E-state index contributed by atoms with van der Waals surface area (Å²) in [5, 5.41) is 1.09. The number of rotatable bonds is 2. The van der Waals surface area contributed by atoms with E-state index in [0.717, 1.165) is 22.1 Å². The van der Waals surface area contributed by atoms with Gasteiger partial charge in [-0.1, -0.05) is 0 Å². The molecule has 0 radical (unpaired) electrons. The highest BCUT2D eigenvalue weighted by Gasteiger charge is 2.08. The Kier molecular flexibility index (Phi) is 2.61. The minimum absolute atomic E-state index is 0.848. The minimum Gasteiger partial charge on any atom is -0.298 e. The smallest absolute Gasteiger partial charge is 0.151 e. The fourth-order valence-electron chi connectivity index (χ4n) is 1.49. The molecule has 0 aliphatic rings. The highest BCUT2D eigenvalue weighted by Crippen LogP contribution is 2.32. The van der Waals surface area contributed by atoms with E-state index < -0.39 is 0 Å². The topological polar surface area (TPSA) is 17.1 Å². The summed E-state index contributed by atoms with van der Waals surface area (Å²) in [7, 11) is 0. The molecule has 1 nitrogen and oxygen atoms in total. The van der Waals surface area contributed by atoms with Crippen molar-refractivity contribution in [3.63, 3.8) is 0 Å². The summed E-state index contributed by atoms with van der Waals surface area (Å²) < 4.78 is 1.20. The maximum absolute atomic E-state index is 10.9. The number of carbonyl (C=O) groups is 1. The molecule has 1 aromatic carbocycles. The summed E-state index contributed by atoms with van der Waals surface area (Å²) in [4.78, 5) is 13.2. The lowest BCUT2D eigenvalue weighted by Gasteiger charge is -1.96. The Morgan fingerprint density at radius 1 is 1.43 bits per heavy atom. The van der Waals surface area contributed by atoms with Gasteiger partial charge in [-0.15, -0.1) is 23.1 Å². The zero-order valence-electron chi connectivity index (χ0n) is 8.03. The molecule has 1 aromatic heterocycles. The zero-order valence-corrected chi connectivity index (χ0v) is 9.67. The quantitative estimate of drug-likeness (QED) is 0.568. The molecule has 2 rings (SSSR count). The van der Waals surface area contributed by atoms with Gasteiger partial charge in [0, 0.05) is 25.4 Å². The van der Waals surface area contributed by atoms with Crippen LogP contribution in [0.2, 0.25) is 0 Å². The molecular weight excluding hydrogens is 212 g/mol. The van der Waals surface area contributed by atoms with Gasteiger partial charge >= 0.3 is 0 Å². The summed E-state index contributed by atoms with van der Waals surface area (Å²) >= 11 is 3.38. The third kappa shape index (κ3) is 1.47. The van der Waals surface area contributed by atoms with E-state index >= 15 is 0 Å². The Balaban J connectivity index is 2.77. The van der Waals surface area contributed by atoms with Gasteiger partial charge in [-0.25, -0.2) is 0 Å². The van der Waals surface area contributed by atoms with Crippen LogP contribution < -0.4 is 0 Å². The number of aldehydes is 1. The summed E-state index contributed by atoms with van der Waals surface area (Å²) in [6, 6.07) is 6.27. The lowest BCUT2D eigenvalue weighted by atomic mass is 10.1. The first-order valence-electron chi connectivity index (χ1n) is 4.28. The molecule has 3 heteroatoms. The van der Waals surface area contributed by atoms with Crippen LogP contribution >= 0.6 is 23.1 Å². The number of carbonyl (C=O) groups excluding carboxylic acids is 1. The third-order valence-corrected chi connectivity index (χ3v) is 4.06. The van der Waals surface area contributed by atoms with Crippen molar-refractivity contribution in [3.05, 3.63) is 28.6 Å². The predicted octanol–water partition coefficient (Wildman–Crippen LogP) is 3.74. The number of aryl methyl sites for hydroxylation is 1. The van der Waals surface area contributed by atoms with Gasteiger partial charge in [-0.2, -0.15) is 0 Å². The van der Waals surface area contributed by atoms with Crippen molar-refractivity contribution in [1.82, 2.24) is 0 Å². The Morgan fingerprint density at radius 3 is 2.86 bits per heavy atom. The summed E-state index contributed by atoms with van der Waals surface area (Å²) in [6.45, 7) is 1.99. The monoisotopic (exact) mass is 222 g/mol. The Morgan fingerprint density at radius 2 is 2.21 bits per heavy atom. The molecule has 0 amide bonds. The average molecular weight is 222 g/mol. The van der Waals surface area contributed by atoms with Crippen LogP contribution in [0.25, 0.3) is 10.1 Å². The van der Waals surface area contributed by atoms with Crippen molar-refractivity contribution in [2.24, 2.45) is 0 Å². The SMILES string of the molecule is CSc1ccc2sc(C)c(C=O)c2c1. The molecule has 14 heavy (non-hydrogen) atoms. The molecule has 2 aromatic rings. The van der Waals surface area contributed by atoms with Gasteiger partial charge in [0.05, 0.1) is 0 Å². The lowest BCUT2D eigenvalue weighted by molar-refractivity contribution is 0.112. The Labute approximate surface area is 91.1 Å². The van der Waals surface area contributed by atoms with Crippen LogP contribution in [0.3, 0.4) is 0 Å². The highest BCUT2D eigenvalue weighted by molar-refractivity contribution is 7.98. The maximum Gasteiger partial charge on any atom is 0.151 e. The van der Waals surface area contributed by atoms with E-state index in [0.29, 0.717) is 0 Å². The largest absolute Gasteiger partial charge is 0.298 e. The minimum atomic E-state index is 0.848. The van der Waals surface area contributed by atoms with E-state index in [2.05, 4.69) is 18.2 Å². The molecule has 1 heterocycles. The van der Waals surface area contributed by atoms with Gasteiger partial charge < -0.3 is 0 Å². The van der Waals surface area contributed by atoms with E-state index in [4.69, 9.17) is 0 Å². The average Bonchev–Trinajstić information content (AvgIpc) is 2.52. The second-order valence-electron chi connectivity index (χ2n) is 3.05. The third-order valence-electron chi connectivity index (χ3n) is 2.24. The molecule has 0 aliphatic carbocycles. The van der Waals surface area contributed by atoms with Gasteiger partial charge in [0.15, 0.2) is 6.29 Å². The van der Waals surface area contributed by atoms with Crippen LogP contribution in [0.1, 0.15) is 15.2 Å². The molecule has 0 unspecified atom stereocenters. The standard InChI is InChI=1S/C11H10OS2/c1-7-10(6-12)9-5-8(13-2)3-4-11(9)14-7/h3-6H,1-2H3. The van der Waals surface area contributed by atoms with Gasteiger partial charge in [0.25, 0.3) is 0 Å². The first-order valence-corrected chi connectivity index (χ1v) is 6.32. The van der Waals surface area contributed by atoms with Crippen molar-refractivity contribution in [2.45, 2.75) is 11.8 Å². The maximum atomic E-state index is 10.9. The van der Waals surface area contributed by atoms with Crippen molar-refractivity contribution < 1.29 is 4.79 Å². The second kappa shape index (κ2) is 3.75. The molecule has 72 valence electrons. The van der Waals surface area contributed by atoms with Crippen LogP contribution in [0.15, 0.2) is 23.1 Å². The van der Waals surface area contributed by atoms with Crippen molar-refractivity contribution in [3.8, 4) is 0 Å². The number of fused-ring (bicyclic) bond motifs is 1. The number of thiophene rings is 1.